The van der Waals surface area contributed by atoms with Gasteiger partial charge in [-0.15, -0.1) is 0 Å². The van der Waals surface area contributed by atoms with Crippen molar-refractivity contribution in [2.75, 3.05) is 12.4 Å². The highest BCUT2D eigenvalue weighted by Gasteiger charge is 2.14. The predicted octanol–water partition coefficient (Wildman–Crippen LogP) is 2.74. The number of rotatable bonds is 2. The Morgan fingerprint density at radius 1 is 1.41 bits per heavy atom. The minimum absolute atomic E-state index is 0.534. The van der Waals surface area contributed by atoms with Gasteiger partial charge >= 0.3 is 0 Å². The first-order valence-corrected chi connectivity index (χ1v) is 6.14. The second-order valence-electron chi connectivity index (χ2n) is 3.51. The first-order chi connectivity index (χ1) is 8.04. The summed E-state index contributed by atoms with van der Waals surface area (Å²) in [7, 11) is 1.77. The minimum atomic E-state index is 0.534. The van der Waals surface area contributed by atoms with Gasteiger partial charge in [-0.1, -0.05) is 11.6 Å². The van der Waals surface area contributed by atoms with Gasteiger partial charge in [0.25, 0.3) is 0 Å². The number of hydrogen-bond donors (Lipinski definition) is 1. The van der Waals surface area contributed by atoms with Gasteiger partial charge in [0.1, 0.15) is 0 Å². The second kappa shape index (κ2) is 4.62. The van der Waals surface area contributed by atoms with Gasteiger partial charge in [0.15, 0.2) is 5.82 Å². The molecule has 0 amide bonds. The molecule has 0 aliphatic rings. The molecule has 0 bridgehead atoms. The summed E-state index contributed by atoms with van der Waals surface area (Å²) in [6.07, 6.45) is 1.68. The lowest BCUT2D eigenvalue weighted by molar-refractivity contribution is 0.797. The maximum absolute atomic E-state index is 6.12. The predicted molar refractivity (Wildman–Crippen MR) is 70.9 cm³/mol. The van der Waals surface area contributed by atoms with Crippen molar-refractivity contribution in [1.82, 2.24) is 19.7 Å². The molecule has 7 heteroatoms. The Labute approximate surface area is 112 Å². The average molecular weight is 317 g/mol. The minimum Gasteiger partial charge on any atom is -0.357 e. The highest BCUT2D eigenvalue weighted by atomic mass is 79.9. The van der Waals surface area contributed by atoms with Gasteiger partial charge in [0.05, 0.1) is 20.9 Å². The summed E-state index contributed by atoms with van der Waals surface area (Å²) >= 11 is 9.52. The van der Waals surface area contributed by atoms with Crippen LogP contribution < -0.4 is 5.32 Å². The van der Waals surface area contributed by atoms with Crippen LogP contribution in [0.2, 0.25) is 5.02 Å². The van der Waals surface area contributed by atoms with Crippen molar-refractivity contribution >= 4 is 33.5 Å². The van der Waals surface area contributed by atoms with Crippen LogP contribution in [0.1, 0.15) is 11.4 Å². The maximum atomic E-state index is 6.12. The van der Waals surface area contributed by atoms with Crippen LogP contribution >= 0.6 is 27.5 Å². The Bertz CT molecular complexity index is 566. The fourth-order valence-corrected chi connectivity index (χ4v) is 1.93. The first kappa shape index (κ1) is 12.3. The monoisotopic (exact) mass is 315 g/mol. The lowest BCUT2D eigenvalue weighted by atomic mass is 10.4. The van der Waals surface area contributed by atoms with E-state index in [1.807, 2.05) is 13.8 Å². The van der Waals surface area contributed by atoms with Crippen LogP contribution in [0.4, 0.5) is 5.95 Å². The van der Waals surface area contributed by atoms with Crippen molar-refractivity contribution in [1.29, 1.82) is 0 Å². The quantitative estimate of drug-likeness (QED) is 0.925. The third-order valence-electron chi connectivity index (χ3n) is 2.35. The Hall–Kier alpha value is -1.14. The summed E-state index contributed by atoms with van der Waals surface area (Å²) in [6, 6.07) is 0. The van der Waals surface area contributed by atoms with E-state index < -0.39 is 0 Å². The third-order valence-corrected chi connectivity index (χ3v) is 3.46. The summed E-state index contributed by atoms with van der Waals surface area (Å²) in [6.45, 7) is 3.76. The van der Waals surface area contributed by atoms with Crippen LogP contribution in [0.15, 0.2) is 10.7 Å². The Morgan fingerprint density at radius 3 is 2.65 bits per heavy atom. The number of aromatic nitrogens is 4. The summed E-state index contributed by atoms with van der Waals surface area (Å²) in [4.78, 5) is 8.45. The molecule has 17 heavy (non-hydrogen) atoms. The second-order valence-corrected chi connectivity index (χ2v) is 4.74. The molecule has 0 aliphatic heterocycles. The van der Waals surface area contributed by atoms with Crippen molar-refractivity contribution in [3.63, 3.8) is 0 Å². The number of nitrogens with one attached hydrogen (secondary N) is 1. The van der Waals surface area contributed by atoms with Crippen molar-refractivity contribution in [2.45, 2.75) is 13.8 Å². The van der Waals surface area contributed by atoms with Crippen LogP contribution in [0.3, 0.4) is 0 Å². The molecular weight excluding hydrogens is 306 g/mol. The molecule has 0 saturated carbocycles. The molecule has 0 fully saturated rings. The zero-order chi connectivity index (χ0) is 12.6. The molecule has 0 spiro atoms. The fourth-order valence-electron chi connectivity index (χ4n) is 1.46. The van der Waals surface area contributed by atoms with E-state index in [4.69, 9.17) is 11.6 Å². The standard InChI is InChI=1S/C10H11BrClN5/c1-5-8(12)6(2)17(16-5)9-7(11)4-14-10(13-3)15-9/h4H,1-3H3,(H,13,14,15). The SMILES string of the molecule is CNc1ncc(Br)c(-n2nc(C)c(Cl)c2C)n1. The van der Waals surface area contributed by atoms with E-state index in [0.717, 1.165) is 15.9 Å². The zero-order valence-electron chi connectivity index (χ0n) is 9.62. The van der Waals surface area contributed by atoms with Crippen LogP contribution in [0.5, 0.6) is 0 Å². The molecule has 1 N–H and O–H groups in total. The molecule has 90 valence electrons. The maximum Gasteiger partial charge on any atom is 0.224 e. The number of anilines is 1. The lowest BCUT2D eigenvalue weighted by Crippen LogP contribution is -2.06. The van der Waals surface area contributed by atoms with Gasteiger partial charge in [-0.25, -0.2) is 9.67 Å². The first-order valence-electron chi connectivity index (χ1n) is 4.97. The molecule has 2 rings (SSSR count). The fraction of sp³-hybridized carbons (Fsp3) is 0.300. The Kier molecular flexibility index (Phi) is 3.35. The Balaban J connectivity index is 2.63. The molecule has 0 aliphatic carbocycles. The van der Waals surface area contributed by atoms with E-state index in [1.165, 1.54) is 0 Å². The molecule has 2 heterocycles. The summed E-state index contributed by atoms with van der Waals surface area (Å²) in [5.41, 5.74) is 1.63. The molecule has 0 atom stereocenters. The number of aryl methyl sites for hydroxylation is 1. The smallest absolute Gasteiger partial charge is 0.224 e. The van der Waals surface area contributed by atoms with Gasteiger partial charge in [-0.2, -0.15) is 10.1 Å². The zero-order valence-corrected chi connectivity index (χ0v) is 12.0. The van der Waals surface area contributed by atoms with E-state index in [1.54, 1.807) is 17.9 Å². The van der Waals surface area contributed by atoms with Crippen LogP contribution in [0, 0.1) is 13.8 Å². The number of hydrogen-bond acceptors (Lipinski definition) is 4. The highest BCUT2D eigenvalue weighted by molar-refractivity contribution is 9.10. The van der Waals surface area contributed by atoms with Gasteiger partial charge in [-0.3, -0.25) is 0 Å². The van der Waals surface area contributed by atoms with Crippen molar-refractivity contribution in [3.8, 4) is 5.82 Å². The topological polar surface area (TPSA) is 55.6 Å². The molecule has 0 saturated heterocycles. The number of halogens is 2. The molecule has 2 aromatic rings. The van der Waals surface area contributed by atoms with Gasteiger partial charge in [0.2, 0.25) is 5.95 Å². The molecule has 0 unspecified atom stereocenters. The summed E-state index contributed by atoms with van der Waals surface area (Å²) < 4.78 is 2.46. The lowest BCUT2D eigenvalue weighted by Gasteiger charge is -2.07. The largest absolute Gasteiger partial charge is 0.357 e. The van der Waals surface area contributed by atoms with Crippen LogP contribution in [-0.4, -0.2) is 26.8 Å². The van der Waals surface area contributed by atoms with E-state index in [9.17, 15) is 0 Å². The van der Waals surface area contributed by atoms with E-state index >= 15 is 0 Å². The highest BCUT2D eigenvalue weighted by Crippen LogP contribution is 2.25. The molecule has 0 aromatic carbocycles. The van der Waals surface area contributed by atoms with Crippen molar-refractivity contribution in [3.05, 3.63) is 27.1 Å². The molecular formula is C10H11BrClN5. The molecule has 0 radical (unpaired) electrons. The molecule has 5 nitrogen and oxygen atoms in total. The van der Waals surface area contributed by atoms with Gasteiger partial charge < -0.3 is 5.32 Å². The van der Waals surface area contributed by atoms with Crippen LogP contribution in [0.25, 0.3) is 5.82 Å². The van der Waals surface area contributed by atoms with E-state index in [2.05, 4.69) is 36.3 Å². The van der Waals surface area contributed by atoms with Gasteiger partial charge in [-0.05, 0) is 29.8 Å². The number of nitrogens with zero attached hydrogens (tertiary/aromatic N) is 4. The van der Waals surface area contributed by atoms with Gasteiger partial charge in [0, 0.05) is 13.2 Å². The average Bonchev–Trinajstić information content (AvgIpc) is 2.58. The summed E-state index contributed by atoms with van der Waals surface area (Å²) in [5, 5.41) is 7.90. The molecule has 2 aromatic heterocycles. The third kappa shape index (κ3) is 2.14. The van der Waals surface area contributed by atoms with Crippen LogP contribution in [-0.2, 0) is 0 Å². The van der Waals surface area contributed by atoms with Crippen molar-refractivity contribution < 1.29 is 0 Å². The van der Waals surface area contributed by atoms with Crippen molar-refractivity contribution in [2.24, 2.45) is 0 Å². The van der Waals surface area contributed by atoms with E-state index in [-0.39, 0.29) is 0 Å². The summed E-state index contributed by atoms with van der Waals surface area (Å²) in [5.74, 6) is 1.20. The Morgan fingerprint density at radius 2 is 2.12 bits per heavy atom. The van der Waals surface area contributed by atoms with E-state index in [0.29, 0.717) is 16.8 Å². The normalized spacial score (nSPS) is 10.6.